The second-order valence-corrected chi connectivity index (χ2v) is 7.91. The number of rotatable bonds is 5. The average Bonchev–Trinajstić information content (AvgIpc) is 3.35. The number of imidazole rings is 1. The molecule has 0 aliphatic heterocycles. The van der Waals surface area contributed by atoms with Crippen LogP contribution < -0.4 is 11.1 Å². The Morgan fingerprint density at radius 3 is 3.04 bits per heavy atom. The number of nitrogens with two attached hydrogens (primary N) is 1. The molecule has 4 rings (SSSR count). The van der Waals surface area contributed by atoms with Gasteiger partial charge in [0.2, 0.25) is 0 Å². The van der Waals surface area contributed by atoms with Crippen molar-refractivity contribution in [3.8, 4) is 10.7 Å². The van der Waals surface area contributed by atoms with E-state index in [1.807, 2.05) is 17.5 Å². The Kier molecular flexibility index (Phi) is 4.99. The van der Waals surface area contributed by atoms with Crippen LogP contribution in [0.5, 0.6) is 0 Å². The number of aromatic nitrogens is 3. The summed E-state index contributed by atoms with van der Waals surface area (Å²) >= 11 is 1.60. The lowest BCUT2D eigenvalue weighted by atomic mass is 9.81. The zero-order valence-electron chi connectivity index (χ0n) is 14.6. The highest BCUT2D eigenvalue weighted by molar-refractivity contribution is 7.13. The first-order chi connectivity index (χ1) is 12.7. The van der Waals surface area contributed by atoms with Gasteiger partial charge in [-0.3, -0.25) is 4.79 Å². The summed E-state index contributed by atoms with van der Waals surface area (Å²) in [5.74, 6) is 1.79. The van der Waals surface area contributed by atoms with Crippen molar-refractivity contribution in [3.05, 3.63) is 35.3 Å². The maximum absolute atomic E-state index is 12.7. The summed E-state index contributed by atoms with van der Waals surface area (Å²) in [5, 5.41) is 5.10. The fourth-order valence-electron chi connectivity index (χ4n) is 3.76. The maximum Gasteiger partial charge on any atom is 0.253 e. The van der Waals surface area contributed by atoms with Crippen molar-refractivity contribution in [1.29, 1.82) is 0 Å². The Bertz CT molecular complexity index is 889. The van der Waals surface area contributed by atoms with Crippen molar-refractivity contribution in [3.63, 3.8) is 0 Å². The van der Waals surface area contributed by atoms with Gasteiger partial charge in [-0.25, -0.2) is 9.97 Å². The lowest BCUT2D eigenvalue weighted by Gasteiger charge is -2.28. The zero-order chi connectivity index (χ0) is 17.9. The van der Waals surface area contributed by atoms with Gasteiger partial charge in [-0.1, -0.05) is 12.5 Å². The van der Waals surface area contributed by atoms with Crippen LogP contribution >= 0.6 is 11.3 Å². The van der Waals surface area contributed by atoms with Gasteiger partial charge < -0.3 is 16.0 Å². The molecule has 1 aliphatic carbocycles. The van der Waals surface area contributed by atoms with Crippen molar-refractivity contribution in [1.82, 2.24) is 20.3 Å². The molecule has 1 saturated carbocycles. The molecule has 0 radical (unpaired) electrons. The van der Waals surface area contributed by atoms with Gasteiger partial charge in [-0.2, -0.15) is 0 Å². The lowest BCUT2D eigenvalue weighted by Crippen LogP contribution is -2.33. The van der Waals surface area contributed by atoms with E-state index in [1.54, 1.807) is 23.6 Å². The number of fused-ring (bicyclic) bond motifs is 1. The molecule has 0 spiro atoms. The molecule has 1 amide bonds. The molecule has 0 saturated heterocycles. The third kappa shape index (κ3) is 3.50. The van der Waals surface area contributed by atoms with E-state index < -0.39 is 0 Å². The number of H-pyrrole nitrogens is 1. The van der Waals surface area contributed by atoms with Crippen LogP contribution in [0.1, 0.15) is 36.0 Å². The Balaban J connectivity index is 1.50. The van der Waals surface area contributed by atoms with Crippen LogP contribution in [0.25, 0.3) is 21.9 Å². The van der Waals surface area contributed by atoms with Gasteiger partial charge in [-0.15, -0.1) is 11.3 Å². The van der Waals surface area contributed by atoms with Gasteiger partial charge in [0.15, 0.2) is 11.5 Å². The minimum absolute atomic E-state index is 0.0753. The first kappa shape index (κ1) is 17.2. The fourth-order valence-corrected chi connectivity index (χ4v) is 4.43. The summed E-state index contributed by atoms with van der Waals surface area (Å²) in [6.45, 7) is 1.44. The van der Waals surface area contributed by atoms with Crippen LogP contribution in [-0.4, -0.2) is 33.9 Å². The summed E-state index contributed by atoms with van der Waals surface area (Å²) < 4.78 is 0. The smallest absolute Gasteiger partial charge is 0.253 e. The SMILES string of the molecule is NCC1CCCC(CNC(=O)c2ccnc3nc(-c4cccs4)[nH]c23)C1. The lowest BCUT2D eigenvalue weighted by molar-refractivity contribution is 0.0942. The van der Waals surface area contributed by atoms with Gasteiger partial charge in [0, 0.05) is 12.7 Å². The molecule has 26 heavy (non-hydrogen) atoms. The van der Waals surface area contributed by atoms with Gasteiger partial charge in [0.1, 0.15) is 0 Å². The molecule has 2 unspecified atom stereocenters. The minimum Gasteiger partial charge on any atom is -0.352 e. The number of carbonyl (C=O) groups excluding carboxylic acids is 1. The second kappa shape index (κ2) is 7.55. The molecule has 3 aromatic rings. The van der Waals surface area contributed by atoms with Crippen LogP contribution in [0.4, 0.5) is 0 Å². The summed E-state index contributed by atoms with van der Waals surface area (Å²) in [7, 11) is 0. The van der Waals surface area contributed by atoms with E-state index in [-0.39, 0.29) is 5.91 Å². The number of nitrogens with one attached hydrogen (secondary N) is 2. The summed E-state index contributed by atoms with van der Waals surface area (Å²) in [6.07, 6.45) is 6.32. The van der Waals surface area contributed by atoms with Crippen LogP contribution in [-0.2, 0) is 0 Å². The Labute approximate surface area is 156 Å². The van der Waals surface area contributed by atoms with E-state index in [9.17, 15) is 4.79 Å². The quantitative estimate of drug-likeness (QED) is 0.643. The molecule has 6 nitrogen and oxygen atoms in total. The Morgan fingerprint density at radius 1 is 1.35 bits per heavy atom. The molecule has 1 aliphatic rings. The van der Waals surface area contributed by atoms with Crippen molar-refractivity contribution in [2.45, 2.75) is 25.7 Å². The molecule has 3 aromatic heterocycles. The van der Waals surface area contributed by atoms with E-state index in [0.717, 1.165) is 30.1 Å². The maximum atomic E-state index is 12.7. The normalized spacial score (nSPS) is 20.3. The van der Waals surface area contributed by atoms with Crippen molar-refractivity contribution in [2.75, 3.05) is 13.1 Å². The average molecular weight is 369 g/mol. The first-order valence-electron chi connectivity index (χ1n) is 9.11. The topological polar surface area (TPSA) is 96.7 Å². The molecule has 7 heteroatoms. The number of thiophene rings is 1. The minimum atomic E-state index is -0.0753. The second-order valence-electron chi connectivity index (χ2n) is 6.96. The predicted molar refractivity (Wildman–Crippen MR) is 104 cm³/mol. The van der Waals surface area contributed by atoms with E-state index in [4.69, 9.17) is 5.73 Å². The fraction of sp³-hybridized carbons (Fsp3) is 0.421. The van der Waals surface area contributed by atoms with Gasteiger partial charge in [-0.05, 0) is 55.2 Å². The highest BCUT2D eigenvalue weighted by atomic mass is 32.1. The Morgan fingerprint density at radius 2 is 2.23 bits per heavy atom. The molecular weight excluding hydrogens is 346 g/mol. The van der Waals surface area contributed by atoms with Crippen molar-refractivity contribution < 1.29 is 4.79 Å². The van der Waals surface area contributed by atoms with E-state index in [0.29, 0.717) is 35.1 Å². The standard InChI is InChI=1S/C19H23N5OS/c20-10-12-3-1-4-13(9-12)11-22-19(25)14-6-7-21-18-16(14)23-17(24-18)15-5-2-8-26-15/h2,5-8,12-13H,1,3-4,9-11,20H2,(H,22,25)(H,21,23,24). The molecule has 2 atom stereocenters. The number of pyridine rings is 1. The van der Waals surface area contributed by atoms with Crippen LogP contribution in [0, 0.1) is 11.8 Å². The van der Waals surface area contributed by atoms with Crippen LogP contribution in [0.15, 0.2) is 29.8 Å². The molecular formula is C19H23N5OS. The summed E-state index contributed by atoms with van der Waals surface area (Å²) in [6, 6.07) is 5.73. The highest BCUT2D eigenvalue weighted by Gasteiger charge is 2.22. The van der Waals surface area contributed by atoms with E-state index >= 15 is 0 Å². The first-order valence-corrected chi connectivity index (χ1v) is 9.99. The number of amides is 1. The molecule has 4 N–H and O–H groups in total. The molecule has 136 valence electrons. The van der Waals surface area contributed by atoms with Gasteiger partial charge in [0.05, 0.1) is 16.0 Å². The Hall–Kier alpha value is -2.25. The monoisotopic (exact) mass is 369 g/mol. The largest absolute Gasteiger partial charge is 0.352 e. The van der Waals surface area contributed by atoms with E-state index in [1.165, 1.54) is 12.8 Å². The van der Waals surface area contributed by atoms with Crippen molar-refractivity contribution >= 4 is 28.4 Å². The van der Waals surface area contributed by atoms with Crippen molar-refractivity contribution in [2.24, 2.45) is 17.6 Å². The molecule has 1 fully saturated rings. The number of nitrogens with zero attached hydrogens (tertiary/aromatic N) is 2. The number of carbonyl (C=O) groups is 1. The molecule has 3 heterocycles. The number of aromatic amines is 1. The molecule has 0 aromatic carbocycles. The van der Waals surface area contributed by atoms with Gasteiger partial charge >= 0.3 is 0 Å². The summed E-state index contributed by atoms with van der Waals surface area (Å²) in [5.41, 5.74) is 7.67. The predicted octanol–water partition coefficient (Wildman–Crippen LogP) is 3.18. The van der Waals surface area contributed by atoms with Crippen LogP contribution in [0.3, 0.4) is 0 Å². The number of hydrogen-bond donors (Lipinski definition) is 3. The third-order valence-corrected chi connectivity index (χ3v) is 6.04. The van der Waals surface area contributed by atoms with E-state index in [2.05, 4.69) is 20.3 Å². The highest BCUT2D eigenvalue weighted by Crippen LogP contribution is 2.28. The third-order valence-electron chi connectivity index (χ3n) is 5.17. The van der Waals surface area contributed by atoms with Gasteiger partial charge in [0.25, 0.3) is 5.91 Å². The number of hydrogen-bond acceptors (Lipinski definition) is 5. The zero-order valence-corrected chi connectivity index (χ0v) is 15.4. The summed E-state index contributed by atoms with van der Waals surface area (Å²) in [4.78, 5) is 25.8. The molecule has 0 bridgehead atoms. The van der Waals surface area contributed by atoms with Crippen LogP contribution in [0.2, 0.25) is 0 Å².